The number of hydrogen-bond acceptors (Lipinski definition) is 2. The van der Waals surface area contributed by atoms with Crippen molar-refractivity contribution in [1.29, 1.82) is 0 Å². The molecular weight excluding hydrogens is 195 g/mol. The van der Waals surface area contributed by atoms with Crippen molar-refractivity contribution >= 4 is 0 Å². The summed E-state index contributed by atoms with van der Waals surface area (Å²) in [5.74, 6) is 0.0450. The van der Waals surface area contributed by atoms with Crippen LogP contribution in [-0.4, -0.2) is 15.8 Å². The molecule has 1 aliphatic carbocycles. The molecule has 0 spiro atoms. The summed E-state index contributed by atoms with van der Waals surface area (Å²) in [6.07, 6.45) is -3.62. The quantitative estimate of drug-likeness (QED) is 0.749. The lowest BCUT2D eigenvalue weighted by atomic mass is 10.2. The lowest BCUT2D eigenvalue weighted by Crippen LogP contribution is -2.06. The average Bonchev–Trinajstić information content (AvgIpc) is 2.58. The standard InChI is InChI=1S/C8H10F3N3/c1-14-6(4-2-5(4)12)3-7(13-14)8(9,10)11/h3-5H,2,12H2,1H3/t4-,5-/m1/s1. The summed E-state index contributed by atoms with van der Waals surface area (Å²) in [6.45, 7) is 0. The van der Waals surface area contributed by atoms with Gasteiger partial charge in [-0.25, -0.2) is 0 Å². The molecule has 1 heterocycles. The van der Waals surface area contributed by atoms with Crippen molar-refractivity contribution in [2.45, 2.75) is 24.6 Å². The van der Waals surface area contributed by atoms with E-state index in [0.29, 0.717) is 5.69 Å². The fourth-order valence-corrected chi connectivity index (χ4v) is 1.52. The van der Waals surface area contributed by atoms with Crippen LogP contribution in [0.1, 0.15) is 23.7 Å². The highest BCUT2D eigenvalue weighted by Gasteiger charge is 2.41. The van der Waals surface area contributed by atoms with E-state index in [0.717, 1.165) is 12.5 Å². The van der Waals surface area contributed by atoms with E-state index in [1.165, 1.54) is 11.7 Å². The summed E-state index contributed by atoms with van der Waals surface area (Å²) in [6, 6.07) is 1.07. The number of hydrogen-bond donors (Lipinski definition) is 1. The molecule has 0 radical (unpaired) electrons. The summed E-state index contributed by atoms with van der Waals surface area (Å²) in [5.41, 5.74) is 5.30. The predicted octanol–water partition coefficient (Wildman–Crippen LogP) is 1.25. The molecule has 2 N–H and O–H groups in total. The average molecular weight is 205 g/mol. The van der Waals surface area contributed by atoms with Gasteiger partial charge in [0, 0.05) is 24.7 Å². The molecule has 6 heteroatoms. The van der Waals surface area contributed by atoms with Crippen molar-refractivity contribution in [1.82, 2.24) is 9.78 Å². The van der Waals surface area contributed by atoms with Crippen molar-refractivity contribution in [3.8, 4) is 0 Å². The number of halogens is 3. The Morgan fingerprint density at radius 2 is 2.14 bits per heavy atom. The number of nitrogens with two attached hydrogens (primary N) is 1. The first-order valence-electron chi connectivity index (χ1n) is 4.26. The molecule has 3 nitrogen and oxygen atoms in total. The SMILES string of the molecule is Cn1nc(C(F)(F)F)cc1[C@@H]1C[C@H]1N. The molecule has 1 aliphatic rings. The molecule has 78 valence electrons. The summed E-state index contributed by atoms with van der Waals surface area (Å²) >= 11 is 0. The van der Waals surface area contributed by atoms with Gasteiger partial charge >= 0.3 is 6.18 Å². The van der Waals surface area contributed by atoms with E-state index in [9.17, 15) is 13.2 Å². The molecule has 0 bridgehead atoms. The van der Waals surface area contributed by atoms with Gasteiger partial charge in [0.2, 0.25) is 0 Å². The second-order valence-electron chi connectivity index (χ2n) is 3.58. The van der Waals surface area contributed by atoms with Crippen LogP contribution in [0.2, 0.25) is 0 Å². The Hall–Kier alpha value is -1.04. The maximum Gasteiger partial charge on any atom is 0.435 e. The summed E-state index contributed by atoms with van der Waals surface area (Å²) < 4.78 is 38.0. The molecule has 0 amide bonds. The Kier molecular flexibility index (Phi) is 1.85. The molecule has 2 atom stereocenters. The number of aryl methyl sites for hydroxylation is 1. The number of nitrogens with zero attached hydrogens (tertiary/aromatic N) is 2. The zero-order valence-corrected chi connectivity index (χ0v) is 7.54. The van der Waals surface area contributed by atoms with Gasteiger partial charge in [-0.3, -0.25) is 4.68 Å². The van der Waals surface area contributed by atoms with Gasteiger partial charge in [-0.1, -0.05) is 0 Å². The molecule has 0 aliphatic heterocycles. The van der Waals surface area contributed by atoms with Crippen molar-refractivity contribution in [3.63, 3.8) is 0 Å². The second kappa shape index (κ2) is 2.73. The van der Waals surface area contributed by atoms with Crippen LogP contribution in [0, 0.1) is 0 Å². The highest BCUT2D eigenvalue weighted by atomic mass is 19.4. The van der Waals surface area contributed by atoms with Crippen molar-refractivity contribution in [2.24, 2.45) is 12.8 Å². The molecule has 1 aromatic heterocycles. The topological polar surface area (TPSA) is 43.8 Å². The first-order chi connectivity index (χ1) is 6.39. The fourth-order valence-electron chi connectivity index (χ4n) is 1.52. The third kappa shape index (κ3) is 1.50. The third-order valence-corrected chi connectivity index (χ3v) is 2.43. The van der Waals surface area contributed by atoms with Crippen LogP contribution in [0.4, 0.5) is 13.2 Å². The minimum absolute atomic E-state index is 0.00789. The van der Waals surface area contributed by atoms with E-state index >= 15 is 0 Å². The molecule has 2 rings (SSSR count). The van der Waals surface area contributed by atoms with E-state index in [1.54, 1.807) is 0 Å². The van der Waals surface area contributed by atoms with Crippen LogP contribution in [0.5, 0.6) is 0 Å². The third-order valence-electron chi connectivity index (χ3n) is 2.43. The molecule has 1 fully saturated rings. The van der Waals surface area contributed by atoms with Crippen LogP contribution in [0.25, 0.3) is 0 Å². The molecule has 1 aromatic rings. The van der Waals surface area contributed by atoms with E-state index in [-0.39, 0.29) is 12.0 Å². The summed E-state index contributed by atoms with van der Waals surface area (Å²) in [5, 5.41) is 3.41. The first-order valence-corrected chi connectivity index (χ1v) is 4.26. The second-order valence-corrected chi connectivity index (χ2v) is 3.58. The lowest BCUT2D eigenvalue weighted by Gasteiger charge is -1.99. The van der Waals surface area contributed by atoms with E-state index in [4.69, 9.17) is 5.73 Å². The Morgan fingerprint density at radius 1 is 1.57 bits per heavy atom. The molecule has 0 unspecified atom stereocenters. The largest absolute Gasteiger partial charge is 0.435 e. The number of aromatic nitrogens is 2. The normalized spacial score (nSPS) is 26.6. The van der Waals surface area contributed by atoms with Gasteiger partial charge in [0.05, 0.1) is 0 Å². The van der Waals surface area contributed by atoms with Crippen molar-refractivity contribution < 1.29 is 13.2 Å². The van der Waals surface area contributed by atoms with Gasteiger partial charge in [-0.2, -0.15) is 18.3 Å². The van der Waals surface area contributed by atoms with Crippen molar-refractivity contribution in [3.05, 3.63) is 17.5 Å². The maximum absolute atomic E-state index is 12.3. The minimum atomic E-state index is -4.37. The fraction of sp³-hybridized carbons (Fsp3) is 0.625. The smallest absolute Gasteiger partial charge is 0.327 e. The minimum Gasteiger partial charge on any atom is -0.327 e. The zero-order valence-electron chi connectivity index (χ0n) is 7.54. The van der Waals surface area contributed by atoms with Gasteiger partial charge < -0.3 is 5.73 Å². The van der Waals surface area contributed by atoms with Gasteiger partial charge in [0.1, 0.15) is 0 Å². The lowest BCUT2D eigenvalue weighted by molar-refractivity contribution is -0.141. The number of alkyl halides is 3. The highest BCUT2D eigenvalue weighted by molar-refractivity contribution is 5.24. The van der Waals surface area contributed by atoms with Gasteiger partial charge in [0.25, 0.3) is 0 Å². The van der Waals surface area contributed by atoms with E-state index in [2.05, 4.69) is 5.10 Å². The number of rotatable bonds is 1. The molecule has 0 aromatic carbocycles. The highest BCUT2D eigenvalue weighted by Crippen LogP contribution is 2.40. The summed E-state index contributed by atoms with van der Waals surface area (Å²) in [7, 11) is 1.51. The van der Waals surface area contributed by atoms with Gasteiger partial charge in [-0.05, 0) is 12.5 Å². The maximum atomic E-state index is 12.3. The molecular formula is C8H10F3N3. The first kappa shape index (κ1) is 9.51. The van der Waals surface area contributed by atoms with E-state index in [1.807, 2.05) is 0 Å². The molecule has 14 heavy (non-hydrogen) atoms. The van der Waals surface area contributed by atoms with Crippen molar-refractivity contribution in [2.75, 3.05) is 0 Å². The Bertz CT molecular complexity index is 355. The van der Waals surface area contributed by atoms with Gasteiger partial charge in [-0.15, -0.1) is 0 Å². The Labute approximate surface area is 78.7 Å². The van der Waals surface area contributed by atoms with Crippen LogP contribution in [0.3, 0.4) is 0 Å². The Morgan fingerprint density at radius 3 is 2.50 bits per heavy atom. The molecule has 0 saturated heterocycles. The van der Waals surface area contributed by atoms with Crippen LogP contribution >= 0.6 is 0 Å². The molecule has 1 saturated carbocycles. The van der Waals surface area contributed by atoms with Crippen LogP contribution < -0.4 is 5.73 Å². The monoisotopic (exact) mass is 205 g/mol. The predicted molar refractivity (Wildman–Crippen MR) is 43.5 cm³/mol. The summed E-state index contributed by atoms with van der Waals surface area (Å²) in [4.78, 5) is 0. The van der Waals surface area contributed by atoms with E-state index < -0.39 is 11.9 Å². The Balaban J connectivity index is 2.31. The van der Waals surface area contributed by atoms with Gasteiger partial charge in [0.15, 0.2) is 5.69 Å². The van der Waals surface area contributed by atoms with Crippen LogP contribution in [0.15, 0.2) is 6.07 Å². The zero-order chi connectivity index (χ0) is 10.5. The van der Waals surface area contributed by atoms with Crippen LogP contribution in [-0.2, 0) is 13.2 Å².